The molecule has 0 bridgehead atoms. The van der Waals surface area contributed by atoms with Crippen molar-refractivity contribution in [2.24, 2.45) is 10.9 Å². The second-order valence-corrected chi connectivity index (χ2v) is 4.40. The third kappa shape index (κ3) is 2.54. The number of fused-ring (bicyclic) bond motifs is 1. The Kier molecular flexibility index (Phi) is 3.46. The monoisotopic (exact) mass is 261 g/mol. The highest BCUT2D eigenvalue weighted by Crippen LogP contribution is 2.22. The van der Waals surface area contributed by atoms with E-state index in [1.165, 1.54) is 0 Å². The first-order valence-corrected chi connectivity index (χ1v) is 5.90. The molecule has 0 unspecified atom stereocenters. The summed E-state index contributed by atoms with van der Waals surface area (Å²) in [5.74, 6) is -0.854. The van der Waals surface area contributed by atoms with Crippen molar-refractivity contribution in [3.8, 4) is 0 Å². The number of carbonyl (C=O) groups is 1. The molecule has 7 nitrogen and oxygen atoms in total. The summed E-state index contributed by atoms with van der Waals surface area (Å²) in [5.41, 5.74) is 8.10. The smallest absolute Gasteiger partial charge is 0.259 e. The molecule has 7 heteroatoms. The zero-order chi connectivity index (χ0) is 14.0. The maximum atomic E-state index is 11.9. The summed E-state index contributed by atoms with van der Waals surface area (Å²) < 4.78 is 0. The van der Waals surface area contributed by atoms with E-state index >= 15 is 0 Å². The van der Waals surface area contributed by atoms with Crippen molar-refractivity contribution in [2.45, 2.75) is 26.2 Å². The number of oxime groups is 1. The molecule has 0 atom stereocenters. The highest BCUT2D eigenvalue weighted by Gasteiger charge is 2.21. The lowest BCUT2D eigenvalue weighted by Crippen LogP contribution is -2.36. The fraction of sp³-hybridized carbons (Fsp3) is 0.333. The summed E-state index contributed by atoms with van der Waals surface area (Å²) in [6.45, 7) is 1.69. The van der Waals surface area contributed by atoms with Crippen LogP contribution in [0.5, 0.6) is 0 Å². The Bertz CT molecular complexity index is 580. The molecule has 19 heavy (non-hydrogen) atoms. The number of nitrogens with zero attached hydrogens (tertiary/aromatic N) is 2. The zero-order valence-corrected chi connectivity index (χ0v) is 10.5. The number of amides is 1. The first-order valence-electron chi connectivity index (χ1n) is 5.90. The normalized spacial score (nSPS) is 15.9. The molecule has 0 aliphatic heterocycles. The van der Waals surface area contributed by atoms with Crippen molar-refractivity contribution in [1.29, 1.82) is 5.41 Å². The molecular formula is C12H15N5O2. The molecule has 0 aromatic carbocycles. The molecule has 0 radical (unpaired) electrons. The van der Waals surface area contributed by atoms with Crippen molar-refractivity contribution in [1.82, 2.24) is 10.3 Å². The lowest BCUT2D eigenvalue weighted by Gasteiger charge is -2.18. The third-order valence-electron chi connectivity index (χ3n) is 3.04. The van der Waals surface area contributed by atoms with E-state index < -0.39 is 11.9 Å². The van der Waals surface area contributed by atoms with Gasteiger partial charge in [-0.1, -0.05) is 5.16 Å². The van der Waals surface area contributed by atoms with Crippen molar-refractivity contribution >= 4 is 17.6 Å². The molecule has 5 N–H and O–H groups in total. The second-order valence-electron chi connectivity index (χ2n) is 4.40. The number of hydrogen-bond donors (Lipinski definition) is 4. The van der Waals surface area contributed by atoms with Gasteiger partial charge in [0.15, 0.2) is 5.96 Å². The maximum Gasteiger partial charge on any atom is 0.259 e. The van der Waals surface area contributed by atoms with Gasteiger partial charge in [0.2, 0.25) is 0 Å². The van der Waals surface area contributed by atoms with Gasteiger partial charge in [0.1, 0.15) is 5.71 Å². The largest absolute Gasteiger partial charge is 0.411 e. The Morgan fingerprint density at radius 3 is 2.95 bits per heavy atom. The minimum Gasteiger partial charge on any atom is -0.411 e. The molecule has 1 aliphatic rings. The standard InChI is InChI=1S/C12H15N5O2/c1-6-8(11(18)16-12(13)14)5-7-3-2-4-9(17-19)10(7)15-6/h5,19H,2-4H2,1H3,(H4,13,14,16,18). The average molecular weight is 261 g/mol. The molecule has 2 rings (SSSR count). The first-order chi connectivity index (χ1) is 9.02. The molecule has 1 aromatic rings. The maximum absolute atomic E-state index is 11.9. The van der Waals surface area contributed by atoms with Gasteiger partial charge in [-0.25, -0.2) is 0 Å². The van der Waals surface area contributed by atoms with Crippen LogP contribution in [0.4, 0.5) is 0 Å². The summed E-state index contributed by atoms with van der Waals surface area (Å²) in [5, 5.41) is 21.5. The van der Waals surface area contributed by atoms with Crippen molar-refractivity contribution < 1.29 is 10.0 Å². The number of carbonyl (C=O) groups excluding carboxylic acids is 1. The number of rotatable bonds is 1. The highest BCUT2D eigenvalue weighted by molar-refractivity contribution is 6.06. The van der Waals surface area contributed by atoms with Gasteiger partial charge in [-0.15, -0.1) is 0 Å². The predicted octanol–water partition coefficient (Wildman–Crippen LogP) is 0.528. The zero-order valence-electron chi connectivity index (χ0n) is 10.5. The van der Waals surface area contributed by atoms with E-state index in [-0.39, 0.29) is 0 Å². The van der Waals surface area contributed by atoms with E-state index in [0.29, 0.717) is 29.1 Å². The summed E-state index contributed by atoms with van der Waals surface area (Å²) in [6, 6.07) is 1.72. The molecule has 100 valence electrons. The van der Waals surface area contributed by atoms with Gasteiger partial charge in [-0.05, 0) is 37.8 Å². The van der Waals surface area contributed by atoms with Gasteiger partial charge in [0.25, 0.3) is 5.91 Å². The lowest BCUT2D eigenvalue weighted by atomic mass is 9.92. The van der Waals surface area contributed by atoms with E-state index in [1.807, 2.05) is 0 Å². The van der Waals surface area contributed by atoms with Gasteiger partial charge in [-0.2, -0.15) is 0 Å². The number of aryl methyl sites for hydroxylation is 2. The molecule has 0 spiro atoms. The van der Waals surface area contributed by atoms with Crippen LogP contribution in [0, 0.1) is 12.3 Å². The molecule has 1 aliphatic carbocycles. The molecule has 1 aromatic heterocycles. The van der Waals surface area contributed by atoms with Crippen LogP contribution >= 0.6 is 0 Å². The lowest BCUT2D eigenvalue weighted by molar-refractivity contribution is 0.0975. The van der Waals surface area contributed by atoms with Crippen molar-refractivity contribution in [3.63, 3.8) is 0 Å². The first kappa shape index (κ1) is 13.0. The summed E-state index contributed by atoms with van der Waals surface area (Å²) in [6.07, 6.45) is 2.31. The topological polar surface area (TPSA) is 124 Å². The van der Waals surface area contributed by atoms with Crippen LogP contribution in [0.3, 0.4) is 0 Å². The fourth-order valence-corrected chi connectivity index (χ4v) is 2.17. The van der Waals surface area contributed by atoms with E-state index in [4.69, 9.17) is 16.4 Å². The number of aromatic nitrogens is 1. The Balaban J connectivity index is 2.44. The number of guanidine groups is 1. The van der Waals surface area contributed by atoms with Crippen LogP contribution < -0.4 is 11.1 Å². The fourth-order valence-electron chi connectivity index (χ4n) is 2.17. The van der Waals surface area contributed by atoms with Gasteiger partial charge in [0.05, 0.1) is 17.0 Å². The number of pyridine rings is 1. The van der Waals surface area contributed by atoms with E-state index in [9.17, 15) is 4.79 Å². The van der Waals surface area contributed by atoms with Crippen LogP contribution in [0.1, 0.15) is 40.2 Å². The summed E-state index contributed by atoms with van der Waals surface area (Å²) in [4.78, 5) is 16.2. The minimum atomic E-state index is -0.451. The van der Waals surface area contributed by atoms with Gasteiger partial charge in [-0.3, -0.25) is 20.5 Å². The van der Waals surface area contributed by atoms with Gasteiger partial charge in [0, 0.05) is 0 Å². The van der Waals surface area contributed by atoms with Crippen molar-refractivity contribution in [2.75, 3.05) is 0 Å². The van der Waals surface area contributed by atoms with E-state index in [0.717, 1.165) is 18.4 Å². The summed E-state index contributed by atoms with van der Waals surface area (Å²) >= 11 is 0. The number of nitrogens with two attached hydrogens (primary N) is 1. The number of hydrogen-bond acceptors (Lipinski definition) is 5. The van der Waals surface area contributed by atoms with E-state index in [2.05, 4.69) is 15.5 Å². The highest BCUT2D eigenvalue weighted by atomic mass is 16.4. The van der Waals surface area contributed by atoms with Gasteiger partial charge >= 0.3 is 0 Å². The van der Waals surface area contributed by atoms with Crippen LogP contribution in [-0.2, 0) is 6.42 Å². The Hall–Kier alpha value is -2.44. The van der Waals surface area contributed by atoms with Crippen LogP contribution in [-0.4, -0.2) is 27.8 Å². The van der Waals surface area contributed by atoms with Crippen molar-refractivity contribution in [3.05, 3.63) is 28.6 Å². The third-order valence-corrected chi connectivity index (χ3v) is 3.04. The molecule has 0 fully saturated rings. The average Bonchev–Trinajstić information content (AvgIpc) is 2.36. The SMILES string of the molecule is Cc1nc2c(cc1C(=O)NC(=N)N)CCCC2=NO. The van der Waals surface area contributed by atoms with Crippen LogP contribution in [0.15, 0.2) is 11.2 Å². The Labute approximate surface area is 110 Å². The van der Waals surface area contributed by atoms with E-state index in [1.54, 1.807) is 13.0 Å². The quantitative estimate of drug-likeness (QED) is 0.254. The van der Waals surface area contributed by atoms with Gasteiger partial charge < -0.3 is 10.9 Å². The molecular weight excluding hydrogens is 246 g/mol. The number of nitrogens with one attached hydrogen (secondary N) is 2. The van der Waals surface area contributed by atoms with Crippen LogP contribution in [0.25, 0.3) is 0 Å². The molecule has 0 saturated heterocycles. The molecule has 0 saturated carbocycles. The second kappa shape index (κ2) is 5.05. The van der Waals surface area contributed by atoms with Crippen LogP contribution in [0.2, 0.25) is 0 Å². The predicted molar refractivity (Wildman–Crippen MR) is 69.6 cm³/mol. The Morgan fingerprint density at radius 1 is 1.58 bits per heavy atom. The molecule has 1 amide bonds. The molecule has 1 heterocycles. The minimum absolute atomic E-state index is 0.383. The Morgan fingerprint density at radius 2 is 2.32 bits per heavy atom. The summed E-state index contributed by atoms with van der Waals surface area (Å²) in [7, 11) is 0.